The van der Waals surface area contributed by atoms with Crippen molar-refractivity contribution in [1.29, 1.82) is 0 Å². The van der Waals surface area contributed by atoms with Gasteiger partial charge < -0.3 is 10.5 Å². The lowest BCUT2D eigenvalue weighted by molar-refractivity contribution is 0.305. The summed E-state index contributed by atoms with van der Waals surface area (Å²) in [4.78, 5) is 4.56. The first kappa shape index (κ1) is 14.0. The Kier molecular flexibility index (Phi) is 4.18. The van der Waals surface area contributed by atoms with Gasteiger partial charge in [0.05, 0.1) is 10.2 Å². The van der Waals surface area contributed by atoms with Crippen molar-refractivity contribution in [2.45, 2.75) is 26.0 Å². The number of fused-ring (bicyclic) bond motifs is 1. The van der Waals surface area contributed by atoms with Crippen molar-refractivity contribution in [2.75, 3.05) is 0 Å². The molecular formula is C17H18N2OS. The smallest absolute Gasteiger partial charge is 0.140 e. The zero-order valence-electron chi connectivity index (χ0n) is 12.0. The summed E-state index contributed by atoms with van der Waals surface area (Å²) >= 11 is 1.67. The van der Waals surface area contributed by atoms with Crippen LogP contribution in [0.5, 0.6) is 5.75 Å². The largest absolute Gasteiger partial charge is 0.486 e. The Balaban J connectivity index is 1.67. The predicted molar refractivity (Wildman–Crippen MR) is 87.6 cm³/mol. The first-order valence-electron chi connectivity index (χ1n) is 7.09. The van der Waals surface area contributed by atoms with Gasteiger partial charge in [-0.1, -0.05) is 31.2 Å². The minimum atomic E-state index is 0.100. The zero-order chi connectivity index (χ0) is 14.7. The Labute approximate surface area is 128 Å². The van der Waals surface area contributed by atoms with E-state index in [1.807, 2.05) is 42.5 Å². The lowest BCUT2D eigenvalue weighted by Gasteiger charge is -2.10. The van der Waals surface area contributed by atoms with Crippen LogP contribution in [0.15, 0.2) is 48.5 Å². The maximum Gasteiger partial charge on any atom is 0.140 e. The van der Waals surface area contributed by atoms with E-state index in [0.717, 1.165) is 28.3 Å². The van der Waals surface area contributed by atoms with Crippen LogP contribution in [0, 0.1) is 0 Å². The molecule has 21 heavy (non-hydrogen) atoms. The number of nitrogens with zero attached hydrogens (tertiary/aromatic N) is 1. The number of nitrogens with two attached hydrogens (primary N) is 1. The van der Waals surface area contributed by atoms with Gasteiger partial charge in [0.2, 0.25) is 0 Å². The second-order valence-electron chi connectivity index (χ2n) is 4.95. The van der Waals surface area contributed by atoms with E-state index in [1.165, 1.54) is 4.70 Å². The van der Waals surface area contributed by atoms with Gasteiger partial charge in [-0.3, -0.25) is 0 Å². The summed E-state index contributed by atoms with van der Waals surface area (Å²) in [6.07, 6.45) is 0.936. The molecule has 0 radical (unpaired) electrons. The molecule has 3 aromatic rings. The molecule has 1 heterocycles. The lowest BCUT2D eigenvalue weighted by atomic mass is 10.1. The maximum atomic E-state index is 6.00. The van der Waals surface area contributed by atoms with Gasteiger partial charge in [-0.15, -0.1) is 11.3 Å². The number of ether oxygens (including phenoxy) is 1. The van der Waals surface area contributed by atoms with Crippen LogP contribution in [-0.2, 0) is 6.61 Å². The van der Waals surface area contributed by atoms with Gasteiger partial charge in [-0.25, -0.2) is 4.98 Å². The van der Waals surface area contributed by atoms with Gasteiger partial charge >= 0.3 is 0 Å². The van der Waals surface area contributed by atoms with Crippen LogP contribution in [0.1, 0.15) is 30.0 Å². The number of para-hydroxylation sites is 1. The number of hydrogen-bond acceptors (Lipinski definition) is 4. The van der Waals surface area contributed by atoms with Crippen molar-refractivity contribution in [3.05, 3.63) is 59.1 Å². The Morgan fingerprint density at radius 1 is 1.14 bits per heavy atom. The highest BCUT2D eigenvalue weighted by Gasteiger charge is 2.05. The third-order valence-electron chi connectivity index (χ3n) is 3.45. The number of aromatic nitrogens is 1. The summed E-state index contributed by atoms with van der Waals surface area (Å²) in [5.74, 6) is 0.848. The molecule has 0 aliphatic heterocycles. The van der Waals surface area contributed by atoms with Crippen LogP contribution >= 0.6 is 11.3 Å². The molecule has 0 spiro atoms. The number of benzene rings is 2. The minimum Gasteiger partial charge on any atom is -0.486 e. The molecule has 0 saturated carbocycles. The molecule has 4 heteroatoms. The lowest BCUT2D eigenvalue weighted by Crippen LogP contribution is -2.08. The standard InChI is InChI=1S/C17H18N2OS/c1-2-14(18)12-7-9-13(10-8-12)20-11-17-19-15-5-3-4-6-16(15)21-17/h3-10,14H,2,11,18H2,1H3. The quantitative estimate of drug-likeness (QED) is 0.764. The Morgan fingerprint density at radius 2 is 1.90 bits per heavy atom. The van der Waals surface area contributed by atoms with Crippen LogP contribution < -0.4 is 10.5 Å². The van der Waals surface area contributed by atoms with Gasteiger partial charge in [0, 0.05) is 6.04 Å². The van der Waals surface area contributed by atoms with Crippen molar-refractivity contribution < 1.29 is 4.74 Å². The van der Waals surface area contributed by atoms with Crippen molar-refractivity contribution in [3.63, 3.8) is 0 Å². The van der Waals surface area contributed by atoms with Gasteiger partial charge in [0.25, 0.3) is 0 Å². The number of thiazole rings is 1. The van der Waals surface area contributed by atoms with E-state index in [1.54, 1.807) is 11.3 Å². The van der Waals surface area contributed by atoms with Crippen LogP contribution in [-0.4, -0.2) is 4.98 Å². The molecule has 2 N–H and O–H groups in total. The zero-order valence-corrected chi connectivity index (χ0v) is 12.8. The molecule has 0 saturated heterocycles. The monoisotopic (exact) mass is 298 g/mol. The summed E-state index contributed by atoms with van der Waals surface area (Å²) in [6.45, 7) is 2.58. The molecule has 1 atom stereocenters. The van der Waals surface area contributed by atoms with Gasteiger partial charge in [0.1, 0.15) is 17.4 Å². The first-order chi connectivity index (χ1) is 10.3. The van der Waals surface area contributed by atoms with Crippen LogP contribution in [0.4, 0.5) is 0 Å². The molecule has 3 nitrogen and oxygen atoms in total. The first-order valence-corrected chi connectivity index (χ1v) is 7.90. The van der Waals surface area contributed by atoms with Crippen molar-refractivity contribution in [3.8, 4) is 5.75 Å². The normalized spacial score (nSPS) is 12.5. The second-order valence-corrected chi connectivity index (χ2v) is 6.06. The van der Waals surface area contributed by atoms with E-state index in [4.69, 9.17) is 10.5 Å². The average molecular weight is 298 g/mol. The Morgan fingerprint density at radius 3 is 2.62 bits per heavy atom. The third kappa shape index (κ3) is 3.23. The Hall–Kier alpha value is -1.91. The molecule has 108 valence electrons. The molecule has 0 bridgehead atoms. The van der Waals surface area contributed by atoms with Crippen LogP contribution in [0.3, 0.4) is 0 Å². The highest BCUT2D eigenvalue weighted by Crippen LogP contribution is 2.23. The summed E-state index contributed by atoms with van der Waals surface area (Å²) in [6, 6.07) is 16.2. The molecule has 0 fully saturated rings. The highest BCUT2D eigenvalue weighted by molar-refractivity contribution is 7.18. The molecular weight excluding hydrogens is 280 g/mol. The van der Waals surface area contributed by atoms with Crippen LogP contribution in [0.2, 0.25) is 0 Å². The fourth-order valence-electron chi connectivity index (χ4n) is 2.17. The van der Waals surface area contributed by atoms with Crippen molar-refractivity contribution >= 4 is 21.6 Å². The average Bonchev–Trinajstić information content (AvgIpc) is 2.95. The summed E-state index contributed by atoms with van der Waals surface area (Å²) < 4.78 is 6.99. The molecule has 3 rings (SSSR count). The van der Waals surface area contributed by atoms with Gasteiger partial charge in [-0.05, 0) is 36.2 Å². The van der Waals surface area contributed by atoms with Crippen LogP contribution in [0.25, 0.3) is 10.2 Å². The van der Waals surface area contributed by atoms with Gasteiger partial charge in [-0.2, -0.15) is 0 Å². The molecule has 1 unspecified atom stereocenters. The van der Waals surface area contributed by atoms with E-state index in [-0.39, 0.29) is 6.04 Å². The maximum absolute atomic E-state index is 6.00. The molecule has 1 aromatic heterocycles. The molecule has 0 aliphatic rings. The van der Waals surface area contributed by atoms with E-state index in [9.17, 15) is 0 Å². The molecule has 0 amide bonds. The second kappa shape index (κ2) is 6.24. The summed E-state index contributed by atoms with van der Waals surface area (Å²) in [5, 5.41) is 0.991. The van der Waals surface area contributed by atoms with Gasteiger partial charge in [0.15, 0.2) is 0 Å². The van der Waals surface area contributed by atoms with Crippen molar-refractivity contribution in [2.24, 2.45) is 5.73 Å². The fourth-order valence-corrected chi connectivity index (χ4v) is 3.05. The van der Waals surface area contributed by atoms with E-state index >= 15 is 0 Å². The predicted octanol–water partition coefficient (Wildman–Crippen LogP) is 4.29. The number of rotatable bonds is 5. The highest BCUT2D eigenvalue weighted by atomic mass is 32.1. The number of hydrogen-bond donors (Lipinski definition) is 1. The molecule has 0 aliphatic carbocycles. The SMILES string of the molecule is CCC(N)c1ccc(OCc2nc3ccccc3s2)cc1. The topological polar surface area (TPSA) is 48.1 Å². The van der Waals surface area contributed by atoms with E-state index in [2.05, 4.69) is 18.0 Å². The molecule has 2 aromatic carbocycles. The summed E-state index contributed by atoms with van der Waals surface area (Å²) in [5.41, 5.74) is 8.18. The fraction of sp³-hybridized carbons (Fsp3) is 0.235. The minimum absolute atomic E-state index is 0.100. The van der Waals surface area contributed by atoms with Crippen molar-refractivity contribution in [1.82, 2.24) is 4.98 Å². The van der Waals surface area contributed by atoms with E-state index in [0.29, 0.717) is 6.61 Å². The third-order valence-corrected chi connectivity index (χ3v) is 4.46. The van der Waals surface area contributed by atoms with E-state index < -0.39 is 0 Å². The summed E-state index contributed by atoms with van der Waals surface area (Å²) in [7, 11) is 0. The Bertz CT molecular complexity index is 688.